The largest absolute Gasteiger partial charge is 0.385 e. The van der Waals surface area contributed by atoms with Crippen molar-refractivity contribution < 1.29 is 0 Å². The van der Waals surface area contributed by atoms with Crippen LogP contribution in [0.2, 0.25) is 0 Å². The highest BCUT2D eigenvalue weighted by Gasteiger charge is 2.18. The van der Waals surface area contributed by atoms with Gasteiger partial charge in [0.25, 0.3) is 0 Å². The maximum atomic E-state index is 3.92. The van der Waals surface area contributed by atoms with E-state index in [9.17, 15) is 0 Å². The molecule has 0 radical (unpaired) electrons. The molecule has 2 atom stereocenters. The lowest BCUT2D eigenvalue weighted by Gasteiger charge is -2.27. The Bertz CT molecular complexity index is 537. The minimum absolute atomic E-state index is 0.801. The van der Waals surface area contributed by atoms with Crippen molar-refractivity contribution in [1.29, 1.82) is 0 Å². The molecule has 2 aromatic rings. The maximum Gasteiger partial charge on any atom is 0.143 e. The zero-order valence-corrected chi connectivity index (χ0v) is 11.9. The van der Waals surface area contributed by atoms with Gasteiger partial charge in [-0.2, -0.15) is 0 Å². The van der Waals surface area contributed by atoms with Gasteiger partial charge in [-0.05, 0) is 53.3 Å². The Hall–Kier alpha value is -1.91. The molecule has 1 saturated carbocycles. The van der Waals surface area contributed by atoms with E-state index >= 15 is 0 Å². The standard InChI is InChI=1S/C15H21N5/c1-12-4-2-5-13(8-12)10-16-14-6-3-7-15(9-14)20-11-17-18-19-20/h3,6-7,9,11-13,16H,2,4-5,8,10H2,1H3. The first kappa shape index (κ1) is 13.1. The highest BCUT2D eigenvalue weighted by atomic mass is 15.5. The van der Waals surface area contributed by atoms with Gasteiger partial charge in [-0.1, -0.05) is 25.8 Å². The fraction of sp³-hybridized carbons (Fsp3) is 0.533. The second kappa shape index (κ2) is 6.03. The molecule has 0 bridgehead atoms. The first-order chi connectivity index (χ1) is 9.81. The average Bonchev–Trinajstić information content (AvgIpc) is 3.00. The van der Waals surface area contributed by atoms with Gasteiger partial charge in [0.05, 0.1) is 5.69 Å². The van der Waals surface area contributed by atoms with E-state index in [2.05, 4.69) is 39.9 Å². The Kier molecular flexibility index (Phi) is 3.95. The van der Waals surface area contributed by atoms with Gasteiger partial charge in [-0.3, -0.25) is 0 Å². The summed E-state index contributed by atoms with van der Waals surface area (Å²) >= 11 is 0. The predicted molar refractivity (Wildman–Crippen MR) is 78.8 cm³/mol. The third-order valence-corrected chi connectivity index (χ3v) is 4.10. The summed E-state index contributed by atoms with van der Waals surface area (Å²) in [5.41, 5.74) is 2.12. The van der Waals surface area contributed by atoms with Crippen LogP contribution < -0.4 is 5.32 Å². The van der Waals surface area contributed by atoms with Crippen molar-refractivity contribution in [2.75, 3.05) is 11.9 Å². The molecule has 1 heterocycles. The maximum absolute atomic E-state index is 3.92. The van der Waals surface area contributed by atoms with Crippen LogP contribution in [0.4, 0.5) is 5.69 Å². The molecule has 1 aromatic heterocycles. The van der Waals surface area contributed by atoms with Crippen LogP contribution in [0.1, 0.15) is 32.6 Å². The Morgan fingerprint density at radius 3 is 3.10 bits per heavy atom. The van der Waals surface area contributed by atoms with Crippen LogP contribution in [0, 0.1) is 11.8 Å². The Morgan fingerprint density at radius 2 is 2.30 bits per heavy atom. The molecule has 5 nitrogen and oxygen atoms in total. The van der Waals surface area contributed by atoms with Crippen LogP contribution >= 0.6 is 0 Å². The molecule has 1 N–H and O–H groups in total. The Balaban J connectivity index is 1.61. The zero-order valence-electron chi connectivity index (χ0n) is 11.9. The van der Waals surface area contributed by atoms with Crippen molar-refractivity contribution in [2.24, 2.45) is 11.8 Å². The smallest absolute Gasteiger partial charge is 0.143 e. The predicted octanol–water partition coefficient (Wildman–Crippen LogP) is 2.90. The Labute approximate surface area is 119 Å². The third-order valence-electron chi connectivity index (χ3n) is 4.10. The lowest BCUT2D eigenvalue weighted by Crippen LogP contribution is -2.21. The third kappa shape index (κ3) is 3.15. The second-order valence-electron chi connectivity index (χ2n) is 5.82. The molecule has 106 valence electrons. The van der Waals surface area contributed by atoms with Gasteiger partial charge in [-0.15, -0.1) is 5.10 Å². The van der Waals surface area contributed by atoms with Crippen LogP contribution in [0.3, 0.4) is 0 Å². The highest BCUT2D eigenvalue weighted by Crippen LogP contribution is 2.28. The number of aromatic nitrogens is 4. The van der Waals surface area contributed by atoms with Gasteiger partial charge in [0.15, 0.2) is 0 Å². The summed E-state index contributed by atoms with van der Waals surface area (Å²) in [6.45, 7) is 3.42. The topological polar surface area (TPSA) is 55.6 Å². The molecule has 2 unspecified atom stereocenters. The van der Waals surface area contributed by atoms with Crippen molar-refractivity contribution in [3.05, 3.63) is 30.6 Å². The number of tetrazole rings is 1. The van der Waals surface area contributed by atoms with Gasteiger partial charge in [-0.25, -0.2) is 4.68 Å². The molecule has 1 aliphatic carbocycles. The highest BCUT2D eigenvalue weighted by molar-refractivity contribution is 5.50. The van der Waals surface area contributed by atoms with Crippen LogP contribution in [-0.4, -0.2) is 26.8 Å². The molecule has 1 aliphatic rings. The van der Waals surface area contributed by atoms with Gasteiger partial charge in [0.2, 0.25) is 0 Å². The van der Waals surface area contributed by atoms with Crippen molar-refractivity contribution in [2.45, 2.75) is 32.6 Å². The van der Waals surface area contributed by atoms with E-state index in [1.54, 1.807) is 11.0 Å². The van der Waals surface area contributed by atoms with Crippen molar-refractivity contribution in [3.8, 4) is 5.69 Å². The van der Waals surface area contributed by atoms with E-state index in [-0.39, 0.29) is 0 Å². The summed E-state index contributed by atoms with van der Waals surface area (Å²) in [5, 5.41) is 14.8. The fourth-order valence-corrected chi connectivity index (χ4v) is 3.05. The fourth-order valence-electron chi connectivity index (χ4n) is 3.05. The van der Waals surface area contributed by atoms with E-state index in [1.807, 2.05) is 12.1 Å². The lowest BCUT2D eigenvalue weighted by atomic mass is 9.82. The molecule has 0 saturated heterocycles. The lowest BCUT2D eigenvalue weighted by molar-refractivity contribution is 0.293. The van der Waals surface area contributed by atoms with E-state index in [0.29, 0.717) is 0 Å². The summed E-state index contributed by atoms with van der Waals surface area (Å²) in [6, 6.07) is 8.22. The summed E-state index contributed by atoms with van der Waals surface area (Å²) in [7, 11) is 0. The molecule has 3 rings (SSSR count). The summed E-state index contributed by atoms with van der Waals surface area (Å²) in [6.07, 6.45) is 7.08. The number of rotatable bonds is 4. The molecule has 1 fully saturated rings. The molecule has 0 spiro atoms. The van der Waals surface area contributed by atoms with E-state index in [1.165, 1.54) is 25.7 Å². The SMILES string of the molecule is CC1CCCC(CNc2cccc(-n3cnnn3)c2)C1. The summed E-state index contributed by atoms with van der Waals surface area (Å²) < 4.78 is 1.67. The van der Waals surface area contributed by atoms with Crippen LogP contribution in [-0.2, 0) is 0 Å². The van der Waals surface area contributed by atoms with Gasteiger partial charge < -0.3 is 5.32 Å². The number of benzene rings is 1. The normalized spacial score (nSPS) is 22.6. The number of nitrogens with one attached hydrogen (secondary N) is 1. The minimum Gasteiger partial charge on any atom is -0.385 e. The van der Waals surface area contributed by atoms with Gasteiger partial charge >= 0.3 is 0 Å². The molecule has 0 amide bonds. The Morgan fingerprint density at radius 1 is 1.35 bits per heavy atom. The van der Waals surface area contributed by atoms with Crippen molar-refractivity contribution in [3.63, 3.8) is 0 Å². The number of hydrogen-bond acceptors (Lipinski definition) is 4. The van der Waals surface area contributed by atoms with E-state index < -0.39 is 0 Å². The quantitative estimate of drug-likeness (QED) is 0.929. The van der Waals surface area contributed by atoms with E-state index in [4.69, 9.17) is 0 Å². The number of anilines is 1. The van der Waals surface area contributed by atoms with Crippen molar-refractivity contribution >= 4 is 5.69 Å². The van der Waals surface area contributed by atoms with Crippen LogP contribution in [0.15, 0.2) is 30.6 Å². The average molecular weight is 271 g/mol. The molecular weight excluding hydrogens is 250 g/mol. The first-order valence-corrected chi connectivity index (χ1v) is 7.38. The number of hydrogen-bond donors (Lipinski definition) is 1. The monoisotopic (exact) mass is 271 g/mol. The van der Waals surface area contributed by atoms with Gasteiger partial charge in [0, 0.05) is 12.2 Å². The molecule has 5 heteroatoms. The van der Waals surface area contributed by atoms with Gasteiger partial charge in [0.1, 0.15) is 6.33 Å². The summed E-state index contributed by atoms with van der Waals surface area (Å²) in [5.74, 6) is 1.68. The molecule has 0 aliphatic heterocycles. The molecule has 1 aromatic carbocycles. The van der Waals surface area contributed by atoms with Crippen LogP contribution in [0.25, 0.3) is 5.69 Å². The second-order valence-corrected chi connectivity index (χ2v) is 5.82. The molecule has 20 heavy (non-hydrogen) atoms. The van der Waals surface area contributed by atoms with Crippen molar-refractivity contribution in [1.82, 2.24) is 20.2 Å². The summed E-state index contributed by atoms with van der Waals surface area (Å²) in [4.78, 5) is 0. The zero-order chi connectivity index (χ0) is 13.8. The number of nitrogens with zero attached hydrogens (tertiary/aromatic N) is 4. The van der Waals surface area contributed by atoms with Crippen LogP contribution in [0.5, 0.6) is 0 Å². The first-order valence-electron chi connectivity index (χ1n) is 7.38. The molecular formula is C15H21N5. The van der Waals surface area contributed by atoms with E-state index in [0.717, 1.165) is 29.8 Å². The minimum atomic E-state index is 0.801.